The van der Waals surface area contributed by atoms with Crippen LogP contribution in [0.2, 0.25) is 0 Å². The van der Waals surface area contributed by atoms with Crippen LogP contribution in [0.5, 0.6) is 0 Å². The van der Waals surface area contributed by atoms with Gasteiger partial charge in [0.1, 0.15) is 5.52 Å². The highest BCUT2D eigenvalue weighted by Crippen LogP contribution is 2.17. The van der Waals surface area contributed by atoms with E-state index in [1.165, 1.54) is 0 Å². The molecule has 0 aliphatic carbocycles. The quantitative estimate of drug-likeness (QED) is 0.835. The molecular formula is C14H16N2O3. The molecule has 2 aromatic rings. The van der Waals surface area contributed by atoms with Gasteiger partial charge in [0.2, 0.25) is 0 Å². The molecule has 0 fully saturated rings. The van der Waals surface area contributed by atoms with E-state index in [4.69, 9.17) is 9.52 Å². The molecule has 100 valence electrons. The molecule has 19 heavy (non-hydrogen) atoms. The molecule has 0 bridgehead atoms. The maximum absolute atomic E-state index is 10.4. The number of rotatable bonds is 5. The van der Waals surface area contributed by atoms with Crippen LogP contribution in [0.3, 0.4) is 0 Å². The van der Waals surface area contributed by atoms with E-state index in [2.05, 4.69) is 4.98 Å². The molecule has 0 saturated heterocycles. The molecule has 5 heteroatoms. The van der Waals surface area contributed by atoms with E-state index in [1.54, 1.807) is 6.08 Å². The minimum atomic E-state index is -0.923. The minimum Gasteiger partial charge on any atom is -0.478 e. The second-order valence-electron chi connectivity index (χ2n) is 4.47. The van der Waals surface area contributed by atoms with Gasteiger partial charge in [-0.15, -0.1) is 0 Å². The monoisotopic (exact) mass is 260 g/mol. The van der Waals surface area contributed by atoms with Crippen LogP contribution in [0, 0.1) is 6.92 Å². The average molecular weight is 260 g/mol. The first-order chi connectivity index (χ1) is 9.04. The summed E-state index contributed by atoms with van der Waals surface area (Å²) in [6.07, 6.45) is 2.78. The summed E-state index contributed by atoms with van der Waals surface area (Å²) in [5.74, 6) is -0.266. The second-order valence-corrected chi connectivity index (χ2v) is 4.47. The Bertz CT molecular complexity index is 616. The van der Waals surface area contributed by atoms with E-state index in [0.29, 0.717) is 12.4 Å². The molecule has 0 amide bonds. The van der Waals surface area contributed by atoms with Crippen molar-refractivity contribution >= 4 is 17.1 Å². The lowest BCUT2D eigenvalue weighted by Gasteiger charge is -2.13. The molecule has 0 aliphatic rings. The molecule has 0 aliphatic heterocycles. The van der Waals surface area contributed by atoms with Crippen molar-refractivity contribution in [3.63, 3.8) is 0 Å². The standard InChI is InChI=1S/C14H16N2O3/c1-10-15-12-8-11(5-6-13(12)19-10)9-16(2)7-3-4-14(17)18/h3-6,8H,7,9H2,1-2H3,(H,17,18)/b4-3+. The van der Waals surface area contributed by atoms with E-state index >= 15 is 0 Å². The van der Waals surface area contributed by atoms with Gasteiger partial charge >= 0.3 is 5.97 Å². The van der Waals surface area contributed by atoms with E-state index in [-0.39, 0.29) is 0 Å². The largest absolute Gasteiger partial charge is 0.478 e. The van der Waals surface area contributed by atoms with E-state index in [9.17, 15) is 4.79 Å². The number of fused-ring (bicyclic) bond motifs is 1. The highest BCUT2D eigenvalue weighted by atomic mass is 16.4. The van der Waals surface area contributed by atoms with Gasteiger partial charge in [-0.2, -0.15) is 0 Å². The maximum atomic E-state index is 10.4. The summed E-state index contributed by atoms with van der Waals surface area (Å²) in [5.41, 5.74) is 2.76. The maximum Gasteiger partial charge on any atom is 0.328 e. The number of carbonyl (C=O) groups is 1. The number of aromatic nitrogens is 1. The Balaban J connectivity index is 2.02. The number of oxazole rings is 1. The predicted octanol–water partition coefficient (Wildman–Crippen LogP) is 2.21. The zero-order valence-corrected chi connectivity index (χ0v) is 11.0. The topological polar surface area (TPSA) is 66.6 Å². The summed E-state index contributed by atoms with van der Waals surface area (Å²) in [5, 5.41) is 8.51. The molecule has 0 atom stereocenters. The van der Waals surface area contributed by atoms with Crippen LogP contribution in [0.1, 0.15) is 11.5 Å². The van der Waals surface area contributed by atoms with Crippen molar-refractivity contribution in [1.29, 1.82) is 0 Å². The molecule has 1 N–H and O–H groups in total. The Morgan fingerprint density at radius 1 is 1.53 bits per heavy atom. The predicted molar refractivity (Wildman–Crippen MR) is 71.9 cm³/mol. The number of hydrogen-bond acceptors (Lipinski definition) is 4. The van der Waals surface area contributed by atoms with Crippen LogP contribution in [0.4, 0.5) is 0 Å². The Hall–Kier alpha value is -2.14. The minimum absolute atomic E-state index is 0.585. The number of carboxylic acids is 1. The fourth-order valence-electron chi connectivity index (χ4n) is 1.90. The summed E-state index contributed by atoms with van der Waals surface area (Å²) in [4.78, 5) is 16.7. The number of benzene rings is 1. The molecular weight excluding hydrogens is 244 g/mol. The third kappa shape index (κ3) is 3.66. The molecule has 2 rings (SSSR count). The number of hydrogen-bond donors (Lipinski definition) is 1. The van der Waals surface area contributed by atoms with E-state index in [1.807, 2.05) is 37.1 Å². The molecule has 0 unspecified atom stereocenters. The third-order valence-electron chi connectivity index (χ3n) is 2.69. The average Bonchev–Trinajstić information content (AvgIpc) is 2.67. The van der Waals surface area contributed by atoms with Crippen LogP contribution >= 0.6 is 0 Å². The lowest BCUT2D eigenvalue weighted by atomic mass is 10.2. The first-order valence-electron chi connectivity index (χ1n) is 5.98. The van der Waals surface area contributed by atoms with Gasteiger partial charge in [0.05, 0.1) is 0 Å². The van der Waals surface area contributed by atoms with Crippen molar-refractivity contribution in [2.24, 2.45) is 0 Å². The summed E-state index contributed by atoms with van der Waals surface area (Å²) < 4.78 is 5.42. The Morgan fingerprint density at radius 3 is 3.05 bits per heavy atom. The van der Waals surface area contributed by atoms with Gasteiger partial charge in [0.25, 0.3) is 0 Å². The lowest BCUT2D eigenvalue weighted by Crippen LogP contribution is -2.17. The number of aliphatic carboxylic acids is 1. The van der Waals surface area contributed by atoms with Crippen LogP contribution in [0.25, 0.3) is 11.1 Å². The molecule has 1 heterocycles. The van der Waals surface area contributed by atoms with Gasteiger partial charge in [-0.25, -0.2) is 9.78 Å². The Labute approximate surface area is 111 Å². The molecule has 5 nitrogen and oxygen atoms in total. The first kappa shape index (κ1) is 13.3. The Kier molecular flexibility index (Phi) is 3.97. The smallest absolute Gasteiger partial charge is 0.328 e. The highest BCUT2D eigenvalue weighted by molar-refractivity contribution is 5.79. The van der Waals surface area contributed by atoms with Gasteiger partial charge in [-0.3, -0.25) is 4.90 Å². The van der Waals surface area contributed by atoms with Crippen molar-refractivity contribution in [3.05, 3.63) is 41.8 Å². The summed E-state index contributed by atoms with van der Waals surface area (Å²) in [6, 6.07) is 5.89. The first-order valence-corrected chi connectivity index (χ1v) is 5.98. The molecule has 0 spiro atoms. The van der Waals surface area contributed by atoms with Crippen molar-refractivity contribution in [1.82, 2.24) is 9.88 Å². The molecule has 1 aromatic carbocycles. The number of nitrogens with zero attached hydrogens (tertiary/aromatic N) is 2. The fourth-order valence-corrected chi connectivity index (χ4v) is 1.90. The number of likely N-dealkylation sites (N-methyl/N-ethyl adjacent to an activating group) is 1. The normalized spacial score (nSPS) is 11.7. The van der Waals surface area contributed by atoms with Crippen molar-refractivity contribution < 1.29 is 14.3 Å². The molecule has 0 radical (unpaired) electrons. The van der Waals surface area contributed by atoms with E-state index < -0.39 is 5.97 Å². The van der Waals surface area contributed by atoms with Crippen LogP contribution in [-0.4, -0.2) is 34.6 Å². The van der Waals surface area contributed by atoms with E-state index in [0.717, 1.165) is 29.3 Å². The fraction of sp³-hybridized carbons (Fsp3) is 0.286. The Morgan fingerprint density at radius 2 is 2.32 bits per heavy atom. The highest BCUT2D eigenvalue weighted by Gasteiger charge is 2.04. The van der Waals surface area contributed by atoms with Crippen LogP contribution in [-0.2, 0) is 11.3 Å². The van der Waals surface area contributed by atoms with Gasteiger partial charge in [0, 0.05) is 26.1 Å². The summed E-state index contributed by atoms with van der Waals surface area (Å²) >= 11 is 0. The SMILES string of the molecule is Cc1nc2cc(CN(C)C/C=C/C(=O)O)ccc2o1. The zero-order valence-electron chi connectivity index (χ0n) is 11.0. The van der Waals surface area contributed by atoms with Gasteiger partial charge in [0.15, 0.2) is 11.5 Å². The van der Waals surface area contributed by atoms with Gasteiger partial charge in [-0.1, -0.05) is 12.1 Å². The van der Waals surface area contributed by atoms with Gasteiger partial charge < -0.3 is 9.52 Å². The third-order valence-corrected chi connectivity index (χ3v) is 2.69. The number of aryl methyl sites for hydroxylation is 1. The molecule has 0 saturated carbocycles. The lowest BCUT2D eigenvalue weighted by molar-refractivity contribution is -0.131. The van der Waals surface area contributed by atoms with Gasteiger partial charge in [-0.05, 0) is 24.7 Å². The van der Waals surface area contributed by atoms with Crippen molar-refractivity contribution in [2.75, 3.05) is 13.6 Å². The summed E-state index contributed by atoms with van der Waals surface area (Å²) in [6.45, 7) is 3.14. The van der Waals surface area contributed by atoms with Crippen LogP contribution in [0.15, 0.2) is 34.8 Å². The molecule has 1 aromatic heterocycles. The van der Waals surface area contributed by atoms with Crippen LogP contribution < -0.4 is 0 Å². The van der Waals surface area contributed by atoms with Crippen molar-refractivity contribution in [3.8, 4) is 0 Å². The van der Waals surface area contributed by atoms with Crippen molar-refractivity contribution in [2.45, 2.75) is 13.5 Å². The summed E-state index contributed by atoms with van der Waals surface area (Å²) in [7, 11) is 1.93. The number of carboxylic acid groups (broad SMARTS) is 1. The zero-order chi connectivity index (χ0) is 13.8. The second kappa shape index (κ2) is 5.67.